The van der Waals surface area contributed by atoms with Crippen LogP contribution in [0.25, 0.3) is 0 Å². The number of carboxylic acid groups (broad SMARTS) is 1. The molecule has 1 atom stereocenters. The summed E-state index contributed by atoms with van der Waals surface area (Å²) in [5, 5.41) is 19.8. The van der Waals surface area contributed by atoms with Crippen molar-refractivity contribution in [2.45, 2.75) is 40.2 Å². The van der Waals surface area contributed by atoms with Gasteiger partial charge in [0.05, 0.1) is 0 Å². The molecule has 0 bridgehead atoms. The molecule has 1 unspecified atom stereocenters. The Labute approximate surface area is 143 Å². The molecule has 2 N–H and O–H groups in total. The number of carbonyl (C=O) groups is 1. The number of aromatic hydroxyl groups is 1. The zero-order chi connectivity index (χ0) is 17.1. The Morgan fingerprint density at radius 3 is 2.48 bits per heavy atom. The van der Waals surface area contributed by atoms with Crippen molar-refractivity contribution in [1.29, 1.82) is 0 Å². The van der Waals surface area contributed by atoms with Crippen molar-refractivity contribution in [3.63, 3.8) is 0 Å². The highest BCUT2D eigenvalue weighted by molar-refractivity contribution is 6.31. The summed E-state index contributed by atoms with van der Waals surface area (Å²) in [4.78, 5) is 13.5. The maximum absolute atomic E-state index is 11.2. The summed E-state index contributed by atoms with van der Waals surface area (Å²) in [6.07, 6.45) is 2.62. The smallest absolute Gasteiger partial charge is 0.339 e. The van der Waals surface area contributed by atoms with Crippen LogP contribution in [0.15, 0.2) is 12.1 Å². The third-order valence-corrected chi connectivity index (χ3v) is 4.59. The number of rotatable bonds is 8. The monoisotopic (exact) mass is 339 g/mol. The zero-order valence-electron chi connectivity index (χ0n) is 14.1. The minimum absolute atomic E-state index is 0.132. The Morgan fingerprint density at radius 2 is 1.96 bits per heavy atom. The quantitative estimate of drug-likeness (QED) is 0.743. The van der Waals surface area contributed by atoms with Gasteiger partial charge in [0.15, 0.2) is 0 Å². The summed E-state index contributed by atoms with van der Waals surface area (Å²) in [7, 11) is 0. The minimum Gasteiger partial charge on any atom is -0.507 e. The Balaban J connectivity index is 2.18. The van der Waals surface area contributed by atoms with Crippen LogP contribution in [0, 0.1) is 17.8 Å². The molecular formula is C18H26ClNO3. The van der Waals surface area contributed by atoms with Crippen LogP contribution in [0.4, 0.5) is 0 Å². The van der Waals surface area contributed by atoms with Gasteiger partial charge in [-0.2, -0.15) is 0 Å². The molecule has 1 aliphatic rings. The molecule has 4 nitrogen and oxygen atoms in total. The molecule has 0 spiro atoms. The van der Waals surface area contributed by atoms with E-state index in [0.717, 1.165) is 19.0 Å². The Bertz CT molecular complexity index is 570. The Kier molecular flexibility index (Phi) is 5.93. The van der Waals surface area contributed by atoms with Crippen molar-refractivity contribution in [3.8, 4) is 5.75 Å². The lowest BCUT2D eigenvalue weighted by atomic mass is 10.0. The highest BCUT2D eigenvalue weighted by atomic mass is 35.5. The van der Waals surface area contributed by atoms with E-state index in [2.05, 4.69) is 25.7 Å². The highest BCUT2D eigenvalue weighted by Crippen LogP contribution is 2.37. The number of hydrogen-bond acceptors (Lipinski definition) is 3. The summed E-state index contributed by atoms with van der Waals surface area (Å²) < 4.78 is 0. The molecule has 1 saturated carbocycles. The van der Waals surface area contributed by atoms with Gasteiger partial charge in [-0.1, -0.05) is 32.4 Å². The van der Waals surface area contributed by atoms with Gasteiger partial charge in [-0.3, -0.25) is 4.90 Å². The summed E-state index contributed by atoms with van der Waals surface area (Å²) in [5.74, 6) is 0.602. The first kappa shape index (κ1) is 18.1. The van der Waals surface area contributed by atoms with Gasteiger partial charge in [-0.15, -0.1) is 0 Å². The number of nitrogens with zero attached hydrogens (tertiary/aromatic N) is 1. The number of carboxylic acids is 1. The lowest BCUT2D eigenvalue weighted by Crippen LogP contribution is -2.32. The fraction of sp³-hybridized carbons (Fsp3) is 0.611. The van der Waals surface area contributed by atoms with Crippen LogP contribution in [0.3, 0.4) is 0 Å². The van der Waals surface area contributed by atoms with Gasteiger partial charge < -0.3 is 10.2 Å². The van der Waals surface area contributed by atoms with Crippen LogP contribution in [0.1, 0.15) is 49.5 Å². The minimum atomic E-state index is -1.16. The molecule has 5 heteroatoms. The van der Waals surface area contributed by atoms with Crippen LogP contribution < -0.4 is 0 Å². The third-order valence-electron chi connectivity index (χ3n) is 4.37. The molecule has 1 aromatic carbocycles. The van der Waals surface area contributed by atoms with Crippen molar-refractivity contribution in [2.24, 2.45) is 17.8 Å². The molecule has 1 aliphatic carbocycles. The van der Waals surface area contributed by atoms with Crippen LogP contribution >= 0.6 is 11.6 Å². The van der Waals surface area contributed by atoms with Gasteiger partial charge in [-0.05, 0) is 42.7 Å². The molecule has 0 amide bonds. The van der Waals surface area contributed by atoms with E-state index in [9.17, 15) is 15.0 Å². The van der Waals surface area contributed by atoms with E-state index >= 15 is 0 Å². The molecule has 1 aromatic rings. The average molecular weight is 340 g/mol. The average Bonchev–Trinajstić information content (AvgIpc) is 3.25. The van der Waals surface area contributed by atoms with E-state index in [1.165, 1.54) is 18.9 Å². The van der Waals surface area contributed by atoms with Crippen LogP contribution in [-0.4, -0.2) is 34.2 Å². The summed E-state index contributed by atoms with van der Waals surface area (Å²) in [6.45, 7) is 8.97. The largest absolute Gasteiger partial charge is 0.507 e. The fourth-order valence-corrected chi connectivity index (χ4v) is 3.36. The second-order valence-corrected chi connectivity index (χ2v) is 7.61. The van der Waals surface area contributed by atoms with Crippen molar-refractivity contribution in [1.82, 2.24) is 4.90 Å². The van der Waals surface area contributed by atoms with Crippen LogP contribution in [0.5, 0.6) is 5.75 Å². The van der Waals surface area contributed by atoms with Gasteiger partial charge >= 0.3 is 5.97 Å². The van der Waals surface area contributed by atoms with Crippen LogP contribution in [0.2, 0.25) is 5.02 Å². The molecular weight excluding hydrogens is 314 g/mol. The fourth-order valence-electron chi connectivity index (χ4n) is 3.12. The summed E-state index contributed by atoms with van der Waals surface area (Å²) in [6, 6.07) is 2.96. The molecule has 1 fully saturated rings. The SMILES string of the molecule is CC(C)CN(Cc1cc(Cl)cc(C(=O)O)c1O)CC(C)C1CC1. The molecule has 0 aliphatic heterocycles. The molecule has 128 valence electrons. The predicted octanol–water partition coefficient (Wildman–Crippen LogP) is 4.25. The number of benzene rings is 1. The van der Waals surface area contributed by atoms with Crippen molar-refractivity contribution in [2.75, 3.05) is 13.1 Å². The normalized spacial score (nSPS) is 16.1. The van der Waals surface area contributed by atoms with E-state index < -0.39 is 5.97 Å². The van der Waals surface area contributed by atoms with Gasteiger partial charge in [0.25, 0.3) is 0 Å². The molecule has 0 radical (unpaired) electrons. The third kappa shape index (κ3) is 5.11. The van der Waals surface area contributed by atoms with Crippen molar-refractivity contribution >= 4 is 17.6 Å². The first-order valence-corrected chi connectivity index (χ1v) is 8.62. The second kappa shape index (κ2) is 7.54. The number of hydrogen-bond donors (Lipinski definition) is 2. The molecule has 0 saturated heterocycles. The van der Waals surface area contributed by atoms with Gasteiger partial charge in [0.1, 0.15) is 11.3 Å². The van der Waals surface area contributed by atoms with Gasteiger partial charge in [-0.25, -0.2) is 4.79 Å². The first-order chi connectivity index (χ1) is 10.8. The predicted molar refractivity (Wildman–Crippen MR) is 92.1 cm³/mol. The van der Waals surface area contributed by atoms with Gasteiger partial charge in [0, 0.05) is 30.2 Å². The van der Waals surface area contributed by atoms with E-state index in [1.807, 2.05) is 0 Å². The molecule has 0 aromatic heterocycles. The Hall–Kier alpha value is -1.26. The van der Waals surface area contributed by atoms with E-state index in [0.29, 0.717) is 29.0 Å². The molecule has 2 rings (SSSR count). The maximum atomic E-state index is 11.2. The zero-order valence-corrected chi connectivity index (χ0v) is 14.8. The summed E-state index contributed by atoms with van der Waals surface area (Å²) in [5.41, 5.74) is 0.450. The van der Waals surface area contributed by atoms with Crippen LogP contribution in [-0.2, 0) is 6.54 Å². The standard InChI is InChI=1S/C18H26ClNO3/c1-11(2)8-20(9-12(3)13-4-5-13)10-14-6-15(19)7-16(17(14)21)18(22)23/h6-7,11-13,21H,4-5,8-10H2,1-3H3,(H,22,23). The first-order valence-electron chi connectivity index (χ1n) is 8.25. The van der Waals surface area contributed by atoms with Crippen molar-refractivity contribution in [3.05, 3.63) is 28.3 Å². The lowest BCUT2D eigenvalue weighted by molar-refractivity contribution is 0.0693. The number of aromatic carboxylic acids is 1. The molecule has 0 heterocycles. The summed E-state index contributed by atoms with van der Waals surface area (Å²) >= 11 is 6.03. The topological polar surface area (TPSA) is 60.8 Å². The van der Waals surface area contributed by atoms with Gasteiger partial charge in [0.2, 0.25) is 0 Å². The van der Waals surface area contributed by atoms with Crippen molar-refractivity contribution < 1.29 is 15.0 Å². The lowest BCUT2D eigenvalue weighted by Gasteiger charge is -2.28. The molecule has 23 heavy (non-hydrogen) atoms. The van der Waals surface area contributed by atoms with E-state index in [-0.39, 0.29) is 11.3 Å². The highest BCUT2D eigenvalue weighted by Gasteiger charge is 2.29. The van der Waals surface area contributed by atoms with E-state index in [4.69, 9.17) is 11.6 Å². The Morgan fingerprint density at radius 1 is 1.30 bits per heavy atom. The number of halogens is 1. The number of phenols is 1. The maximum Gasteiger partial charge on any atom is 0.339 e. The second-order valence-electron chi connectivity index (χ2n) is 7.17. The van der Waals surface area contributed by atoms with E-state index in [1.54, 1.807) is 6.07 Å².